The summed E-state index contributed by atoms with van der Waals surface area (Å²) in [7, 11) is 0. The Balaban J connectivity index is 2.82. The maximum Gasteiger partial charge on any atom is 0.120 e. The molecule has 0 aromatic heterocycles. The van der Waals surface area contributed by atoms with E-state index in [0.717, 1.165) is 19.3 Å². The number of hydrogen-bond donors (Lipinski definition) is 1. The second kappa shape index (κ2) is 6.41. The SMILES string of the molecule is O=C=CCCCCO. The summed E-state index contributed by atoms with van der Waals surface area (Å²) in [5.41, 5.74) is 0. The van der Waals surface area contributed by atoms with Crippen molar-refractivity contribution >= 4 is 5.94 Å². The van der Waals surface area contributed by atoms with Gasteiger partial charge in [-0.05, 0) is 25.3 Å². The Kier molecular flexibility index (Phi) is 5.94. The van der Waals surface area contributed by atoms with Gasteiger partial charge in [0.25, 0.3) is 0 Å². The van der Waals surface area contributed by atoms with Crippen molar-refractivity contribution in [3.8, 4) is 0 Å². The van der Waals surface area contributed by atoms with E-state index in [9.17, 15) is 4.79 Å². The molecule has 0 amide bonds. The molecule has 0 radical (unpaired) electrons. The van der Waals surface area contributed by atoms with Crippen molar-refractivity contribution in [2.24, 2.45) is 0 Å². The van der Waals surface area contributed by atoms with Crippen LogP contribution in [0.5, 0.6) is 0 Å². The van der Waals surface area contributed by atoms with E-state index in [1.54, 1.807) is 5.94 Å². The standard InChI is InChI=1S/C6H10O2/c7-5-3-1-2-4-6-8/h3,8H,1-2,4,6H2. The molecule has 46 valence electrons. The predicted octanol–water partition coefficient (Wildman–Crippen LogP) is 0.537. The lowest BCUT2D eigenvalue weighted by Gasteiger charge is -1.86. The molecule has 0 aliphatic heterocycles. The Morgan fingerprint density at radius 1 is 1.50 bits per heavy atom. The van der Waals surface area contributed by atoms with Crippen LogP contribution in [-0.4, -0.2) is 17.7 Å². The molecular weight excluding hydrogens is 104 g/mol. The van der Waals surface area contributed by atoms with Crippen LogP contribution in [0.2, 0.25) is 0 Å². The number of aliphatic hydroxyl groups excluding tert-OH is 1. The lowest BCUT2D eigenvalue weighted by molar-refractivity contribution is 0.285. The summed E-state index contributed by atoms with van der Waals surface area (Å²) in [5.74, 6) is 1.67. The highest BCUT2D eigenvalue weighted by Gasteiger charge is 1.80. The molecule has 0 atom stereocenters. The van der Waals surface area contributed by atoms with Crippen molar-refractivity contribution < 1.29 is 9.90 Å². The van der Waals surface area contributed by atoms with Gasteiger partial charge < -0.3 is 5.11 Å². The van der Waals surface area contributed by atoms with Crippen molar-refractivity contribution in [3.63, 3.8) is 0 Å². The van der Waals surface area contributed by atoms with Gasteiger partial charge in [0.2, 0.25) is 0 Å². The molecule has 0 heterocycles. The van der Waals surface area contributed by atoms with E-state index in [0.29, 0.717) is 0 Å². The number of unbranched alkanes of at least 4 members (excludes halogenated alkanes) is 2. The average molecular weight is 114 g/mol. The zero-order valence-corrected chi connectivity index (χ0v) is 4.76. The van der Waals surface area contributed by atoms with E-state index in [-0.39, 0.29) is 6.61 Å². The van der Waals surface area contributed by atoms with Crippen molar-refractivity contribution in [3.05, 3.63) is 6.08 Å². The summed E-state index contributed by atoms with van der Waals surface area (Å²) in [5, 5.41) is 8.25. The molecule has 0 bridgehead atoms. The lowest BCUT2D eigenvalue weighted by Crippen LogP contribution is -1.79. The van der Waals surface area contributed by atoms with Crippen molar-refractivity contribution in [1.82, 2.24) is 0 Å². The smallest absolute Gasteiger partial charge is 0.120 e. The van der Waals surface area contributed by atoms with Gasteiger partial charge in [0.15, 0.2) is 0 Å². The number of aliphatic hydroxyl groups is 1. The molecular formula is C6H10O2. The summed E-state index contributed by atoms with van der Waals surface area (Å²) < 4.78 is 0. The monoisotopic (exact) mass is 114 g/mol. The second-order valence-electron chi connectivity index (χ2n) is 1.54. The highest BCUT2D eigenvalue weighted by atomic mass is 16.2. The van der Waals surface area contributed by atoms with Gasteiger partial charge in [-0.15, -0.1) is 0 Å². The molecule has 0 saturated heterocycles. The third-order valence-corrected chi connectivity index (χ3v) is 0.840. The third kappa shape index (κ3) is 5.41. The zero-order chi connectivity index (χ0) is 6.24. The van der Waals surface area contributed by atoms with E-state index >= 15 is 0 Å². The fraction of sp³-hybridized carbons (Fsp3) is 0.667. The van der Waals surface area contributed by atoms with Crippen molar-refractivity contribution in [1.29, 1.82) is 0 Å². The molecule has 0 rings (SSSR count). The van der Waals surface area contributed by atoms with Crippen LogP contribution in [0.3, 0.4) is 0 Å². The first-order valence-electron chi connectivity index (χ1n) is 2.72. The maximum atomic E-state index is 9.52. The van der Waals surface area contributed by atoms with Crippen LogP contribution in [0.4, 0.5) is 0 Å². The van der Waals surface area contributed by atoms with Gasteiger partial charge >= 0.3 is 0 Å². The third-order valence-electron chi connectivity index (χ3n) is 0.840. The first kappa shape index (κ1) is 7.41. The van der Waals surface area contributed by atoms with Crippen molar-refractivity contribution in [2.45, 2.75) is 19.3 Å². The first-order chi connectivity index (χ1) is 3.91. The zero-order valence-electron chi connectivity index (χ0n) is 4.76. The van der Waals surface area contributed by atoms with Gasteiger partial charge in [0.05, 0.1) is 0 Å². The Bertz CT molecular complexity index is 82.5. The Labute approximate surface area is 48.8 Å². The molecule has 0 aliphatic rings. The number of hydrogen-bond acceptors (Lipinski definition) is 2. The molecule has 0 unspecified atom stereocenters. The minimum Gasteiger partial charge on any atom is -0.396 e. The first-order valence-corrected chi connectivity index (χ1v) is 2.72. The van der Waals surface area contributed by atoms with Gasteiger partial charge in [-0.2, -0.15) is 0 Å². The normalized spacial score (nSPS) is 8.12. The number of carbonyl (C=O) groups excluding carboxylic acids is 1. The number of allylic oxidation sites excluding steroid dienone is 1. The average Bonchev–Trinajstić information content (AvgIpc) is 1.81. The molecule has 0 aliphatic carbocycles. The minimum absolute atomic E-state index is 0.215. The van der Waals surface area contributed by atoms with Crippen LogP contribution in [0, 0.1) is 0 Å². The lowest BCUT2D eigenvalue weighted by atomic mass is 10.2. The minimum atomic E-state index is 0.215. The van der Waals surface area contributed by atoms with Gasteiger partial charge in [-0.3, -0.25) is 0 Å². The van der Waals surface area contributed by atoms with Crippen LogP contribution < -0.4 is 0 Å². The molecule has 2 heteroatoms. The Morgan fingerprint density at radius 3 is 2.75 bits per heavy atom. The fourth-order valence-corrected chi connectivity index (χ4v) is 0.417. The van der Waals surface area contributed by atoms with Gasteiger partial charge in [0, 0.05) is 6.61 Å². The second-order valence-corrected chi connectivity index (χ2v) is 1.54. The van der Waals surface area contributed by atoms with Crippen LogP contribution in [0.1, 0.15) is 19.3 Å². The van der Waals surface area contributed by atoms with Gasteiger partial charge in [-0.25, -0.2) is 4.79 Å². The fourth-order valence-electron chi connectivity index (χ4n) is 0.417. The molecule has 1 N–H and O–H groups in total. The quantitative estimate of drug-likeness (QED) is 0.427. The number of rotatable bonds is 4. The summed E-state index contributed by atoms with van der Waals surface area (Å²) in [6.07, 6.45) is 3.84. The summed E-state index contributed by atoms with van der Waals surface area (Å²) >= 11 is 0. The Hall–Kier alpha value is -0.590. The van der Waals surface area contributed by atoms with Gasteiger partial charge in [0.1, 0.15) is 5.94 Å². The maximum absolute atomic E-state index is 9.52. The summed E-state index contributed by atoms with van der Waals surface area (Å²) in [6.45, 7) is 0.215. The van der Waals surface area contributed by atoms with Crippen LogP contribution in [-0.2, 0) is 4.79 Å². The molecule has 0 spiro atoms. The van der Waals surface area contributed by atoms with E-state index in [1.165, 1.54) is 6.08 Å². The molecule has 0 aromatic rings. The highest BCUT2D eigenvalue weighted by Crippen LogP contribution is 1.91. The van der Waals surface area contributed by atoms with Crippen LogP contribution in [0.25, 0.3) is 0 Å². The Morgan fingerprint density at radius 2 is 2.25 bits per heavy atom. The molecule has 0 aromatic carbocycles. The summed E-state index contributed by atoms with van der Waals surface area (Å²) in [4.78, 5) is 9.52. The van der Waals surface area contributed by atoms with E-state index in [4.69, 9.17) is 5.11 Å². The molecule has 8 heavy (non-hydrogen) atoms. The van der Waals surface area contributed by atoms with E-state index in [2.05, 4.69) is 0 Å². The van der Waals surface area contributed by atoms with Gasteiger partial charge in [-0.1, -0.05) is 0 Å². The molecule has 0 fully saturated rings. The predicted molar refractivity (Wildman–Crippen MR) is 31.2 cm³/mol. The van der Waals surface area contributed by atoms with E-state index in [1.807, 2.05) is 0 Å². The van der Waals surface area contributed by atoms with Crippen LogP contribution >= 0.6 is 0 Å². The molecule has 0 saturated carbocycles. The topological polar surface area (TPSA) is 37.3 Å². The largest absolute Gasteiger partial charge is 0.396 e. The summed E-state index contributed by atoms with van der Waals surface area (Å²) in [6, 6.07) is 0. The van der Waals surface area contributed by atoms with Crippen LogP contribution in [0.15, 0.2) is 6.08 Å². The molecule has 2 nitrogen and oxygen atoms in total. The van der Waals surface area contributed by atoms with Crippen molar-refractivity contribution in [2.75, 3.05) is 6.61 Å². The highest BCUT2D eigenvalue weighted by molar-refractivity contribution is 5.44. The van der Waals surface area contributed by atoms with E-state index < -0.39 is 0 Å².